The van der Waals surface area contributed by atoms with Crippen molar-refractivity contribution in [1.82, 2.24) is 0 Å². The van der Waals surface area contributed by atoms with E-state index in [2.05, 4.69) is 245 Å². The van der Waals surface area contributed by atoms with Crippen molar-refractivity contribution in [3.05, 3.63) is 231 Å². The van der Waals surface area contributed by atoms with Gasteiger partial charge in [0, 0.05) is 12.8 Å². The number of carbonyl (C=O) groups excluding carboxylic acids is 2. The molecule has 0 spiro atoms. The average Bonchev–Trinajstić information content (AvgIpc) is 2.39. The molecule has 97 heavy (non-hydrogen) atoms. The molecular weight excluding hydrogens is 1200 g/mol. The van der Waals surface area contributed by atoms with Gasteiger partial charge in [-0.1, -0.05) is 303 Å². The van der Waals surface area contributed by atoms with Crippen LogP contribution < -0.4 is 0 Å². The van der Waals surface area contributed by atoms with Crippen molar-refractivity contribution < 1.29 is 42.9 Å². The molecule has 0 fully saturated rings. The number of esters is 2. The minimum absolute atomic E-state index is 0.169. The van der Waals surface area contributed by atoms with Crippen molar-refractivity contribution >= 4 is 17.9 Å². The van der Waals surface area contributed by atoms with E-state index < -0.39 is 24.3 Å². The maximum atomic E-state index is 13.0. The van der Waals surface area contributed by atoms with E-state index in [0.29, 0.717) is 23.9 Å². The molecule has 0 aliphatic rings. The highest BCUT2D eigenvalue weighted by molar-refractivity contribution is 5.71. The number of hydrogen-bond acceptors (Lipinski definition) is 7. The number of ether oxygens (including phenoxy) is 4. The van der Waals surface area contributed by atoms with Gasteiger partial charge >= 0.3 is 17.9 Å². The topological polar surface area (TPSA) is 108 Å². The fraction of sp³-hybridized carbons (Fsp3) is 0.534. The summed E-state index contributed by atoms with van der Waals surface area (Å²) in [6.45, 7) is 4.58. The molecule has 0 aliphatic heterocycles. The highest BCUT2D eigenvalue weighted by Crippen LogP contribution is 2.14. The maximum absolute atomic E-state index is 13.0. The van der Waals surface area contributed by atoms with Crippen LogP contribution >= 0.6 is 0 Å². The lowest BCUT2D eigenvalue weighted by Crippen LogP contribution is -2.40. The molecule has 0 saturated heterocycles. The number of unbranched alkanes of at least 4 members (excludes halogenated alkanes) is 13. The van der Waals surface area contributed by atoms with Crippen molar-refractivity contribution in [3.63, 3.8) is 0 Å². The zero-order chi connectivity index (χ0) is 70.4. The molecule has 0 aromatic rings. The van der Waals surface area contributed by atoms with E-state index in [0.717, 1.165) is 180 Å². The second-order valence-corrected chi connectivity index (χ2v) is 25.1. The van der Waals surface area contributed by atoms with E-state index in [4.69, 9.17) is 18.9 Å². The van der Waals surface area contributed by atoms with Crippen LogP contribution in [0.3, 0.4) is 0 Å². The van der Waals surface area contributed by atoms with Crippen LogP contribution in [0.15, 0.2) is 231 Å². The third-order valence-corrected chi connectivity index (χ3v) is 14.9. The number of carboxylic acid groups (broad SMARTS) is 1. The van der Waals surface area contributed by atoms with E-state index in [-0.39, 0.29) is 38.6 Å². The minimum Gasteiger partial charge on any atom is -0.477 e. The van der Waals surface area contributed by atoms with Crippen LogP contribution in [0, 0.1) is 0 Å². The van der Waals surface area contributed by atoms with Crippen molar-refractivity contribution in [2.45, 2.75) is 257 Å². The summed E-state index contributed by atoms with van der Waals surface area (Å²) >= 11 is 0. The van der Waals surface area contributed by atoms with Crippen LogP contribution in [0.4, 0.5) is 0 Å². The molecule has 0 saturated carbocycles. The molecule has 0 aromatic carbocycles. The molecule has 2 atom stereocenters. The Hall–Kier alpha value is -6.65. The molecule has 1 N–H and O–H groups in total. The summed E-state index contributed by atoms with van der Waals surface area (Å²) in [6, 6.07) is 0. The van der Waals surface area contributed by atoms with Crippen LogP contribution in [-0.2, 0) is 33.3 Å². The fourth-order valence-electron chi connectivity index (χ4n) is 9.27. The van der Waals surface area contributed by atoms with Gasteiger partial charge in [0.2, 0.25) is 0 Å². The number of carbonyl (C=O) groups is 3. The summed E-state index contributed by atoms with van der Waals surface area (Å²) in [5.74, 6) is -2.07. The van der Waals surface area contributed by atoms with Crippen molar-refractivity contribution in [2.75, 3.05) is 47.5 Å². The first-order chi connectivity index (χ1) is 47.6. The number of aliphatic carboxylic acids is 1. The number of nitrogens with zero attached hydrogens (tertiary/aromatic N) is 1. The summed E-state index contributed by atoms with van der Waals surface area (Å²) in [7, 11) is 5.95. The Kier molecular flexibility index (Phi) is 70.0. The number of hydrogen-bond donors (Lipinski definition) is 1. The van der Waals surface area contributed by atoms with Gasteiger partial charge in [-0.2, -0.15) is 0 Å². The van der Waals surface area contributed by atoms with Crippen molar-refractivity contribution in [1.29, 1.82) is 0 Å². The Balaban J connectivity index is 4.25. The molecule has 9 nitrogen and oxygen atoms in total. The van der Waals surface area contributed by atoms with Crippen LogP contribution in [-0.4, -0.2) is 87.4 Å². The third kappa shape index (κ3) is 76.6. The number of allylic oxidation sites excluding steroid dienone is 38. The number of rotatable bonds is 66. The van der Waals surface area contributed by atoms with E-state index >= 15 is 0 Å². The smallest absolute Gasteiger partial charge is 0.361 e. The quantitative estimate of drug-likeness (QED) is 0.0211. The van der Waals surface area contributed by atoms with Crippen molar-refractivity contribution in [2.24, 2.45) is 0 Å². The van der Waals surface area contributed by atoms with Crippen molar-refractivity contribution in [3.8, 4) is 0 Å². The first-order valence-corrected chi connectivity index (χ1v) is 37.5. The first-order valence-electron chi connectivity index (χ1n) is 37.5. The normalized spacial score (nSPS) is 14.0. The van der Waals surface area contributed by atoms with Crippen LogP contribution in [0.2, 0.25) is 0 Å². The second kappa shape index (κ2) is 75.1. The highest BCUT2D eigenvalue weighted by Gasteiger charge is 2.25. The van der Waals surface area contributed by atoms with E-state index in [1.165, 1.54) is 25.7 Å². The van der Waals surface area contributed by atoms with Gasteiger partial charge < -0.3 is 28.5 Å². The standard InChI is InChI=1S/C88H135NO8/c1-6-8-10-12-14-16-18-20-22-24-26-28-30-32-34-36-38-40-41-42-43-44-45-47-49-51-53-55-57-59-61-63-65-67-69-71-73-75-77-79-86(91)97-84(83-96-88(87(92)93)94-81-80-89(3,4)5)82-95-85(90)78-76-74-72-70-68-66-64-62-60-58-56-54-52-50-48-46-39-37-35-33-31-29-27-25-23-21-19-17-15-13-11-9-7-2/h8-11,14-17,20-23,26-29,32-35,38-40,42-43,45-47,50-53,56-59,62,64,84,88H,6-7,12-13,18-19,24-25,30-31,36-37,41,44,48-49,54-55,60-61,63,65-83H2,1-5H3/p+1/b10-8-,11-9-,16-14-,17-15-,22-20-,23-21-,28-26-,29-27-,34-32-,35-33-,40-38-,43-42-,46-39-,47-45-,52-50-,53-51-,58-56-,59-57-,64-62-. The zero-order valence-electron chi connectivity index (χ0n) is 61.6. The lowest BCUT2D eigenvalue weighted by molar-refractivity contribution is -0.870. The molecule has 0 radical (unpaired) electrons. The number of quaternary nitrogens is 1. The minimum atomic E-state index is -1.53. The summed E-state index contributed by atoms with van der Waals surface area (Å²) in [5.41, 5.74) is 0. The van der Waals surface area contributed by atoms with Gasteiger partial charge in [0.25, 0.3) is 6.29 Å². The van der Waals surface area contributed by atoms with Crippen LogP contribution in [0.1, 0.15) is 245 Å². The third-order valence-electron chi connectivity index (χ3n) is 14.9. The Morgan fingerprint density at radius 1 is 0.309 bits per heavy atom. The van der Waals surface area contributed by atoms with E-state index in [1.807, 2.05) is 21.1 Å². The maximum Gasteiger partial charge on any atom is 0.361 e. The molecular formula is C88H136NO8+. The van der Waals surface area contributed by atoms with E-state index in [9.17, 15) is 19.5 Å². The SMILES string of the molecule is CC/C=C\C/C=C\C/C=C\C/C=C\C/C=C\C/C=C\C/C=C\C/C=C\C/C=C\C/C=C\CCCCCCCCCCC(=O)OC(COC(=O)CCCCCCC/C=C\C/C=C\C/C=C\C/C=C\C/C=C\C/C=C\C/C=C\C/C=C\C/C=C\CC)COC(OCC[N+](C)(C)C)C(=O)O. The van der Waals surface area contributed by atoms with E-state index in [1.54, 1.807) is 0 Å². The largest absolute Gasteiger partial charge is 0.477 e. The Morgan fingerprint density at radius 2 is 0.557 bits per heavy atom. The zero-order valence-corrected chi connectivity index (χ0v) is 61.6. The average molecular weight is 1340 g/mol. The fourth-order valence-corrected chi connectivity index (χ4v) is 9.27. The highest BCUT2D eigenvalue weighted by atomic mass is 16.7. The summed E-state index contributed by atoms with van der Waals surface area (Å²) in [6.07, 6.45) is 117. The molecule has 540 valence electrons. The summed E-state index contributed by atoms with van der Waals surface area (Å²) < 4.78 is 22.9. The van der Waals surface area contributed by atoms with Gasteiger partial charge in [-0.15, -0.1) is 0 Å². The predicted octanol–water partition coefficient (Wildman–Crippen LogP) is 24.2. The van der Waals surface area contributed by atoms with Gasteiger partial charge in [-0.25, -0.2) is 4.79 Å². The number of carboxylic acids is 1. The van der Waals surface area contributed by atoms with Gasteiger partial charge in [0.15, 0.2) is 6.10 Å². The van der Waals surface area contributed by atoms with Gasteiger partial charge in [0.1, 0.15) is 13.2 Å². The lowest BCUT2D eigenvalue weighted by Gasteiger charge is -2.25. The van der Waals surface area contributed by atoms with Gasteiger partial charge in [-0.05, 0) is 161 Å². The summed E-state index contributed by atoms with van der Waals surface area (Å²) in [5, 5.41) is 9.76. The molecule has 0 heterocycles. The lowest BCUT2D eigenvalue weighted by atomic mass is 10.1. The Bertz CT molecular complexity index is 2450. The molecule has 9 heteroatoms. The van der Waals surface area contributed by atoms with Gasteiger partial charge in [0.05, 0.1) is 34.4 Å². The first kappa shape index (κ1) is 90.4. The Labute approximate surface area is 593 Å². The molecule has 0 aromatic heterocycles. The second-order valence-electron chi connectivity index (χ2n) is 25.1. The monoisotopic (exact) mass is 1340 g/mol. The van der Waals surface area contributed by atoms with Gasteiger partial charge in [-0.3, -0.25) is 9.59 Å². The molecule has 0 bridgehead atoms. The molecule has 0 amide bonds. The molecule has 2 unspecified atom stereocenters. The number of likely N-dealkylation sites (N-methyl/N-ethyl adjacent to an activating group) is 1. The molecule has 0 aliphatic carbocycles. The van der Waals surface area contributed by atoms with Crippen LogP contribution in [0.25, 0.3) is 0 Å². The van der Waals surface area contributed by atoms with Crippen LogP contribution in [0.5, 0.6) is 0 Å². The Morgan fingerprint density at radius 3 is 0.825 bits per heavy atom. The molecule has 0 rings (SSSR count). The predicted molar refractivity (Wildman–Crippen MR) is 418 cm³/mol. The summed E-state index contributed by atoms with van der Waals surface area (Å²) in [4.78, 5) is 37.7.